The average Bonchev–Trinajstić information content (AvgIpc) is 2.66. The van der Waals surface area contributed by atoms with Gasteiger partial charge in [-0.15, -0.1) is 11.8 Å². The minimum Gasteiger partial charge on any atom is -0.482 e. The van der Waals surface area contributed by atoms with Gasteiger partial charge in [0, 0.05) is 18.5 Å². The summed E-state index contributed by atoms with van der Waals surface area (Å²) in [6.45, 7) is 0.0290. The van der Waals surface area contributed by atoms with Crippen LogP contribution in [0.1, 0.15) is 11.1 Å². The molecule has 0 unspecified atom stereocenters. The molecule has 0 saturated heterocycles. The Morgan fingerprint density at radius 3 is 2.81 bits per heavy atom. The van der Waals surface area contributed by atoms with E-state index >= 15 is 0 Å². The average molecular weight is 367 g/mol. The number of thioether (sulfide) groups is 1. The van der Waals surface area contributed by atoms with Crippen LogP contribution < -0.4 is 15.0 Å². The minimum atomic E-state index is -0.126. The van der Waals surface area contributed by atoms with Crippen molar-refractivity contribution in [2.24, 2.45) is 0 Å². The fourth-order valence-corrected chi connectivity index (χ4v) is 3.27. The van der Waals surface area contributed by atoms with Crippen molar-refractivity contribution < 1.29 is 14.3 Å². The predicted octanol–water partition coefficient (Wildman–Crippen LogP) is 2.79. The third kappa shape index (κ3) is 4.16. The summed E-state index contributed by atoms with van der Waals surface area (Å²) in [4.78, 5) is 25.4. The second-order valence-corrected chi connectivity index (χ2v) is 6.76. The molecule has 1 N–H and O–H groups in total. The molecule has 3 rings (SSSR count). The molecule has 132 valence electrons. The molecular weight excluding hydrogens is 350 g/mol. The molecule has 1 aliphatic rings. The highest BCUT2D eigenvalue weighted by molar-refractivity contribution is 7.99. The number of hydrogen-bond donors (Lipinski definition) is 1. The normalized spacial score (nSPS) is 12.8. The van der Waals surface area contributed by atoms with E-state index in [0.717, 1.165) is 5.56 Å². The Balaban J connectivity index is 1.53. The number of amides is 2. The van der Waals surface area contributed by atoms with Crippen LogP contribution in [-0.4, -0.2) is 31.2 Å². The van der Waals surface area contributed by atoms with Gasteiger partial charge in [-0.25, -0.2) is 0 Å². The summed E-state index contributed by atoms with van der Waals surface area (Å²) in [5.41, 5.74) is 2.95. The van der Waals surface area contributed by atoms with Gasteiger partial charge >= 0.3 is 0 Å². The number of ether oxygens (including phenoxy) is 1. The summed E-state index contributed by atoms with van der Waals surface area (Å²) in [5.74, 6) is 1.38. The number of nitriles is 1. The van der Waals surface area contributed by atoms with Crippen molar-refractivity contribution in [2.75, 3.05) is 29.6 Å². The summed E-state index contributed by atoms with van der Waals surface area (Å²) in [6, 6.07) is 14.6. The van der Waals surface area contributed by atoms with Gasteiger partial charge in [0.25, 0.3) is 5.91 Å². The van der Waals surface area contributed by atoms with Crippen LogP contribution in [0.15, 0.2) is 42.5 Å². The number of nitrogens with zero attached hydrogens (tertiary/aromatic N) is 2. The highest BCUT2D eigenvalue weighted by Crippen LogP contribution is 2.33. The zero-order valence-corrected chi connectivity index (χ0v) is 15.0. The van der Waals surface area contributed by atoms with Crippen molar-refractivity contribution in [3.63, 3.8) is 0 Å². The number of benzene rings is 2. The van der Waals surface area contributed by atoms with Crippen LogP contribution in [0.2, 0.25) is 0 Å². The number of hydrogen-bond acceptors (Lipinski definition) is 5. The van der Waals surface area contributed by atoms with Crippen molar-refractivity contribution >= 4 is 35.0 Å². The maximum Gasteiger partial charge on any atom is 0.264 e. The van der Waals surface area contributed by atoms with Gasteiger partial charge in [-0.05, 0) is 35.9 Å². The summed E-state index contributed by atoms with van der Waals surface area (Å²) < 4.78 is 5.37. The summed E-state index contributed by atoms with van der Waals surface area (Å²) >= 11 is 1.49. The molecule has 0 spiro atoms. The molecule has 0 fully saturated rings. The fraction of sp³-hybridized carbons (Fsp3) is 0.211. The number of nitrogens with one attached hydrogen (secondary N) is 1. The molecule has 0 saturated carbocycles. The second-order valence-electron chi connectivity index (χ2n) is 5.77. The lowest BCUT2D eigenvalue weighted by atomic mass is 10.2. The summed E-state index contributed by atoms with van der Waals surface area (Å²) in [7, 11) is 1.68. The van der Waals surface area contributed by atoms with Gasteiger partial charge < -0.3 is 15.0 Å². The van der Waals surface area contributed by atoms with Crippen LogP contribution in [0.5, 0.6) is 5.75 Å². The molecule has 0 aromatic heterocycles. The number of rotatable bonds is 5. The third-order valence-corrected chi connectivity index (χ3v) is 4.92. The number of fused-ring (bicyclic) bond motifs is 1. The van der Waals surface area contributed by atoms with Crippen LogP contribution in [0.4, 0.5) is 11.4 Å². The van der Waals surface area contributed by atoms with Gasteiger partial charge in [-0.2, -0.15) is 5.26 Å². The molecule has 26 heavy (non-hydrogen) atoms. The maximum atomic E-state index is 12.1. The van der Waals surface area contributed by atoms with Crippen LogP contribution in [-0.2, 0) is 15.3 Å². The molecule has 1 aliphatic heterocycles. The van der Waals surface area contributed by atoms with Crippen molar-refractivity contribution in [3.05, 3.63) is 53.6 Å². The van der Waals surface area contributed by atoms with E-state index in [2.05, 4.69) is 11.4 Å². The number of anilines is 2. The summed E-state index contributed by atoms with van der Waals surface area (Å²) in [6.07, 6.45) is 0. The predicted molar refractivity (Wildman–Crippen MR) is 101 cm³/mol. The first-order valence-corrected chi connectivity index (χ1v) is 9.12. The number of carbonyl (C=O) groups is 2. The molecule has 0 atom stereocenters. The lowest BCUT2D eigenvalue weighted by Gasteiger charge is -2.26. The van der Waals surface area contributed by atoms with E-state index in [1.807, 2.05) is 12.1 Å². The molecular formula is C19H17N3O3S. The van der Waals surface area contributed by atoms with E-state index < -0.39 is 0 Å². The van der Waals surface area contributed by atoms with Crippen LogP contribution in [0.3, 0.4) is 0 Å². The van der Waals surface area contributed by atoms with Crippen molar-refractivity contribution in [1.29, 1.82) is 5.26 Å². The Bertz CT molecular complexity index is 875. The molecule has 6 nitrogen and oxygen atoms in total. The Labute approximate surface area is 155 Å². The molecule has 2 aromatic carbocycles. The zero-order chi connectivity index (χ0) is 18.5. The van der Waals surface area contributed by atoms with Gasteiger partial charge in [-0.1, -0.05) is 12.1 Å². The van der Waals surface area contributed by atoms with E-state index in [4.69, 9.17) is 10.00 Å². The molecule has 0 bridgehead atoms. The van der Waals surface area contributed by atoms with Gasteiger partial charge in [0.05, 0.1) is 23.1 Å². The first-order valence-electron chi connectivity index (χ1n) is 7.97. The number of carbonyl (C=O) groups excluding carboxylic acids is 2. The Kier molecular flexibility index (Phi) is 5.44. The second kappa shape index (κ2) is 7.93. The van der Waals surface area contributed by atoms with E-state index in [9.17, 15) is 9.59 Å². The van der Waals surface area contributed by atoms with Crippen molar-refractivity contribution in [2.45, 2.75) is 5.75 Å². The first kappa shape index (κ1) is 17.8. The fourth-order valence-electron chi connectivity index (χ4n) is 2.48. The molecule has 0 aliphatic carbocycles. The third-order valence-electron chi connectivity index (χ3n) is 3.91. The Morgan fingerprint density at radius 2 is 2.08 bits per heavy atom. The Hall–Kier alpha value is -2.98. The van der Waals surface area contributed by atoms with E-state index in [1.54, 1.807) is 37.4 Å². The molecule has 7 heteroatoms. The van der Waals surface area contributed by atoms with Crippen molar-refractivity contribution in [3.8, 4) is 11.8 Å². The lowest BCUT2D eigenvalue weighted by Crippen LogP contribution is -2.35. The monoisotopic (exact) mass is 367 g/mol. The van der Waals surface area contributed by atoms with Gasteiger partial charge in [0.2, 0.25) is 5.91 Å². The molecule has 2 aromatic rings. The van der Waals surface area contributed by atoms with E-state index in [-0.39, 0.29) is 18.4 Å². The zero-order valence-electron chi connectivity index (χ0n) is 14.2. The smallest absolute Gasteiger partial charge is 0.264 e. The standard InChI is InChI=1S/C19H17N3O3S/c1-22-16-8-15(6-7-17(16)25-10-19(22)24)21-18(23)12-26-11-14-4-2-13(9-20)3-5-14/h2-8H,10-12H2,1H3,(H,21,23). The number of likely N-dealkylation sites (N-methyl/N-ethyl adjacent to an activating group) is 1. The van der Waals surface area contributed by atoms with Crippen LogP contribution in [0.25, 0.3) is 0 Å². The summed E-state index contributed by atoms with van der Waals surface area (Å²) in [5, 5.41) is 11.6. The van der Waals surface area contributed by atoms with E-state index in [0.29, 0.717) is 34.2 Å². The molecule has 2 amide bonds. The largest absolute Gasteiger partial charge is 0.482 e. The topological polar surface area (TPSA) is 82.4 Å². The highest BCUT2D eigenvalue weighted by atomic mass is 32.2. The SMILES string of the molecule is CN1C(=O)COc2ccc(NC(=O)CSCc3ccc(C#N)cc3)cc21. The Morgan fingerprint density at radius 1 is 1.31 bits per heavy atom. The molecule has 0 radical (unpaired) electrons. The highest BCUT2D eigenvalue weighted by Gasteiger charge is 2.22. The lowest BCUT2D eigenvalue weighted by molar-refractivity contribution is -0.121. The quantitative estimate of drug-likeness (QED) is 0.879. The van der Waals surface area contributed by atoms with E-state index in [1.165, 1.54) is 16.7 Å². The van der Waals surface area contributed by atoms with Crippen molar-refractivity contribution in [1.82, 2.24) is 0 Å². The minimum absolute atomic E-state index is 0.0290. The van der Waals surface area contributed by atoms with Crippen LogP contribution >= 0.6 is 11.8 Å². The van der Waals surface area contributed by atoms with Crippen LogP contribution in [0, 0.1) is 11.3 Å². The van der Waals surface area contributed by atoms with Gasteiger partial charge in [-0.3, -0.25) is 9.59 Å². The first-order chi connectivity index (χ1) is 12.6. The molecule has 1 heterocycles. The van der Waals surface area contributed by atoms with Gasteiger partial charge in [0.1, 0.15) is 5.75 Å². The van der Waals surface area contributed by atoms with Gasteiger partial charge in [0.15, 0.2) is 6.61 Å². The maximum absolute atomic E-state index is 12.1.